The van der Waals surface area contributed by atoms with Crippen LogP contribution in [-0.2, 0) is 10.0 Å². The van der Waals surface area contributed by atoms with Gasteiger partial charge < -0.3 is 10.1 Å². The van der Waals surface area contributed by atoms with Crippen LogP contribution in [-0.4, -0.2) is 38.3 Å². The molecule has 9 heteroatoms. The number of benzene rings is 2. The predicted octanol–water partition coefficient (Wildman–Crippen LogP) is 3.65. The molecule has 0 saturated carbocycles. The molecule has 0 atom stereocenters. The lowest BCUT2D eigenvalue weighted by Crippen LogP contribution is -2.30. The summed E-state index contributed by atoms with van der Waals surface area (Å²) in [5.74, 6) is -3.15. The highest BCUT2D eigenvalue weighted by Crippen LogP contribution is 2.30. The highest BCUT2D eigenvalue weighted by atomic mass is 32.2. The second-order valence-corrected chi connectivity index (χ2v) is 7.67. The zero-order valence-electron chi connectivity index (χ0n) is 15.8. The number of amides is 1. The van der Waals surface area contributed by atoms with E-state index in [1.807, 2.05) is 0 Å². The van der Waals surface area contributed by atoms with Crippen molar-refractivity contribution in [1.29, 1.82) is 0 Å². The van der Waals surface area contributed by atoms with E-state index in [-0.39, 0.29) is 36.0 Å². The fourth-order valence-corrected chi connectivity index (χ4v) is 4.11. The lowest BCUT2D eigenvalue weighted by molar-refractivity contribution is 0.102. The zero-order valence-corrected chi connectivity index (χ0v) is 16.6. The van der Waals surface area contributed by atoms with Gasteiger partial charge in [-0.3, -0.25) is 4.79 Å². The van der Waals surface area contributed by atoms with Crippen LogP contribution in [0.5, 0.6) is 5.75 Å². The molecule has 0 unspecified atom stereocenters. The summed E-state index contributed by atoms with van der Waals surface area (Å²) < 4.78 is 59.4. The van der Waals surface area contributed by atoms with Crippen LogP contribution in [0.2, 0.25) is 0 Å². The van der Waals surface area contributed by atoms with Gasteiger partial charge in [-0.05, 0) is 37.3 Å². The maximum Gasteiger partial charge on any atom is 0.258 e. The molecule has 0 aliphatic carbocycles. The highest BCUT2D eigenvalue weighted by molar-refractivity contribution is 7.89. The van der Waals surface area contributed by atoms with Crippen LogP contribution in [0.4, 0.5) is 14.5 Å². The van der Waals surface area contributed by atoms with Crippen LogP contribution in [0, 0.1) is 11.6 Å². The summed E-state index contributed by atoms with van der Waals surface area (Å²) in [7, 11) is -3.78. The number of halogens is 2. The van der Waals surface area contributed by atoms with Crippen molar-refractivity contribution in [2.45, 2.75) is 25.7 Å². The van der Waals surface area contributed by atoms with Gasteiger partial charge in [-0.25, -0.2) is 17.2 Å². The van der Waals surface area contributed by atoms with Gasteiger partial charge in [0.15, 0.2) is 11.6 Å². The first-order valence-corrected chi connectivity index (χ1v) is 10.2. The summed E-state index contributed by atoms with van der Waals surface area (Å²) in [6.45, 7) is 5.97. The van der Waals surface area contributed by atoms with Crippen LogP contribution in [0.1, 0.15) is 31.1 Å². The topological polar surface area (TPSA) is 75.7 Å². The third kappa shape index (κ3) is 4.48. The zero-order chi connectivity index (χ0) is 20.9. The first-order valence-electron chi connectivity index (χ1n) is 8.78. The molecule has 2 aromatic rings. The van der Waals surface area contributed by atoms with Crippen LogP contribution >= 0.6 is 0 Å². The van der Waals surface area contributed by atoms with E-state index in [1.54, 1.807) is 20.8 Å². The van der Waals surface area contributed by atoms with Crippen molar-refractivity contribution >= 4 is 21.6 Å². The maximum absolute atomic E-state index is 13.9. The molecule has 0 radical (unpaired) electrons. The summed E-state index contributed by atoms with van der Waals surface area (Å²) in [6.07, 6.45) is 0. The number of anilines is 1. The second-order valence-electron chi connectivity index (χ2n) is 5.74. The van der Waals surface area contributed by atoms with Gasteiger partial charge in [0.1, 0.15) is 5.75 Å². The molecule has 6 nitrogen and oxygen atoms in total. The van der Waals surface area contributed by atoms with Gasteiger partial charge in [0.05, 0.1) is 22.8 Å². The molecular formula is C19H22F2N2O4S. The number of carbonyl (C=O) groups is 1. The van der Waals surface area contributed by atoms with Crippen molar-refractivity contribution < 1.29 is 26.7 Å². The molecule has 2 aromatic carbocycles. The van der Waals surface area contributed by atoms with E-state index in [4.69, 9.17) is 4.74 Å². The number of nitrogens with one attached hydrogen (secondary N) is 1. The number of nitrogens with zero attached hydrogens (tertiary/aromatic N) is 1. The Bertz CT molecular complexity index is 960. The van der Waals surface area contributed by atoms with Crippen molar-refractivity contribution in [3.63, 3.8) is 0 Å². The Kier molecular flexibility index (Phi) is 7.09. The SMILES string of the molecule is CCOc1ccc(S(=O)(=O)N(CC)CC)cc1NC(=O)c1cccc(F)c1F. The first kappa shape index (κ1) is 21.8. The molecule has 0 saturated heterocycles. The minimum Gasteiger partial charge on any atom is -0.492 e. The maximum atomic E-state index is 13.9. The minimum absolute atomic E-state index is 0.0451. The molecular weight excluding hydrogens is 390 g/mol. The van der Waals surface area contributed by atoms with E-state index in [9.17, 15) is 22.0 Å². The van der Waals surface area contributed by atoms with Gasteiger partial charge >= 0.3 is 0 Å². The van der Waals surface area contributed by atoms with E-state index in [0.717, 1.165) is 12.1 Å². The molecule has 0 spiro atoms. The standard InChI is InChI=1S/C19H22F2N2O4S/c1-4-23(5-2)28(25,26)13-10-11-17(27-6-3)16(12-13)22-19(24)14-8-7-9-15(20)18(14)21/h7-12H,4-6H2,1-3H3,(H,22,24). The highest BCUT2D eigenvalue weighted by Gasteiger charge is 2.24. The van der Waals surface area contributed by atoms with Crippen molar-refractivity contribution in [3.05, 3.63) is 53.6 Å². The summed E-state index contributed by atoms with van der Waals surface area (Å²) in [5, 5.41) is 2.41. The number of hydrogen-bond donors (Lipinski definition) is 1. The molecule has 0 heterocycles. The Morgan fingerprint density at radius 2 is 1.79 bits per heavy atom. The summed E-state index contributed by atoms with van der Waals surface area (Å²) >= 11 is 0. The molecule has 0 aliphatic rings. The van der Waals surface area contributed by atoms with Gasteiger partial charge in [0.2, 0.25) is 10.0 Å². The fourth-order valence-electron chi connectivity index (χ4n) is 2.63. The quantitative estimate of drug-likeness (QED) is 0.718. The van der Waals surface area contributed by atoms with E-state index in [2.05, 4.69) is 5.32 Å². The summed E-state index contributed by atoms with van der Waals surface area (Å²) in [6, 6.07) is 7.26. The lowest BCUT2D eigenvalue weighted by atomic mass is 10.2. The van der Waals surface area contributed by atoms with Crippen LogP contribution in [0.3, 0.4) is 0 Å². The van der Waals surface area contributed by atoms with E-state index < -0.39 is 33.1 Å². The van der Waals surface area contributed by atoms with Gasteiger partial charge in [0, 0.05) is 13.1 Å². The summed E-state index contributed by atoms with van der Waals surface area (Å²) in [5.41, 5.74) is -0.455. The van der Waals surface area contributed by atoms with Crippen LogP contribution in [0.25, 0.3) is 0 Å². The lowest BCUT2D eigenvalue weighted by Gasteiger charge is -2.20. The number of hydrogen-bond acceptors (Lipinski definition) is 4. The fraction of sp³-hybridized carbons (Fsp3) is 0.316. The Morgan fingerprint density at radius 3 is 2.39 bits per heavy atom. The minimum atomic E-state index is -3.78. The Labute approximate surface area is 163 Å². The van der Waals surface area contributed by atoms with E-state index in [0.29, 0.717) is 0 Å². The van der Waals surface area contributed by atoms with Crippen LogP contribution < -0.4 is 10.1 Å². The average Bonchev–Trinajstić information content (AvgIpc) is 2.66. The van der Waals surface area contributed by atoms with Gasteiger partial charge in [-0.15, -0.1) is 0 Å². The summed E-state index contributed by atoms with van der Waals surface area (Å²) in [4.78, 5) is 12.4. The van der Waals surface area contributed by atoms with E-state index >= 15 is 0 Å². The molecule has 0 aliphatic heterocycles. The average molecular weight is 412 g/mol. The largest absolute Gasteiger partial charge is 0.492 e. The number of carbonyl (C=O) groups excluding carboxylic acids is 1. The van der Waals surface area contributed by atoms with Gasteiger partial charge in [-0.2, -0.15) is 4.31 Å². The molecule has 2 rings (SSSR count). The van der Waals surface area contributed by atoms with Crippen molar-refractivity contribution in [1.82, 2.24) is 4.31 Å². The van der Waals surface area contributed by atoms with Gasteiger partial charge in [-0.1, -0.05) is 19.9 Å². The molecule has 0 bridgehead atoms. The van der Waals surface area contributed by atoms with Gasteiger partial charge in [0.25, 0.3) is 5.91 Å². The third-order valence-electron chi connectivity index (χ3n) is 4.04. The molecule has 0 aromatic heterocycles. The number of rotatable bonds is 8. The molecule has 28 heavy (non-hydrogen) atoms. The Morgan fingerprint density at radius 1 is 1.11 bits per heavy atom. The smallest absolute Gasteiger partial charge is 0.258 e. The second kappa shape index (κ2) is 9.11. The Balaban J connectivity index is 2.46. The number of ether oxygens (including phenoxy) is 1. The first-order chi connectivity index (χ1) is 13.3. The monoisotopic (exact) mass is 412 g/mol. The normalized spacial score (nSPS) is 11.5. The molecule has 1 N–H and O–H groups in total. The predicted molar refractivity (Wildman–Crippen MR) is 102 cm³/mol. The number of sulfonamides is 1. The molecule has 0 fully saturated rings. The van der Waals surface area contributed by atoms with Crippen molar-refractivity contribution in [2.24, 2.45) is 0 Å². The van der Waals surface area contributed by atoms with E-state index in [1.165, 1.54) is 28.6 Å². The third-order valence-corrected chi connectivity index (χ3v) is 6.08. The van der Waals surface area contributed by atoms with Crippen molar-refractivity contribution in [2.75, 3.05) is 25.0 Å². The van der Waals surface area contributed by atoms with Crippen molar-refractivity contribution in [3.8, 4) is 5.75 Å². The molecule has 1 amide bonds. The Hall–Kier alpha value is -2.52. The molecule has 152 valence electrons. The van der Waals surface area contributed by atoms with Crippen LogP contribution in [0.15, 0.2) is 41.3 Å².